The van der Waals surface area contributed by atoms with Crippen LogP contribution in [0.5, 0.6) is 0 Å². The molecule has 6 heteroatoms. The van der Waals surface area contributed by atoms with E-state index in [0.717, 1.165) is 0 Å². The molecule has 0 bridgehead atoms. The standard InChI is InChI=1S/CH2O3.Cu.2Li.2H/c2-1(3)4;;;;;/h(H2,2,3,4);;;;;. The van der Waals surface area contributed by atoms with Gasteiger partial charge in [-0.1, -0.05) is 0 Å². The third kappa shape index (κ3) is 179. The average molecular weight is 141 g/mol. The molecule has 0 aromatic carbocycles. The Morgan fingerprint density at radius 1 is 1.14 bits per heavy atom. The van der Waals surface area contributed by atoms with Gasteiger partial charge in [-0.05, 0) is 0 Å². The molecule has 0 saturated heterocycles. The zero-order chi connectivity index (χ0) is 3.58. The van der Waals surface area contributed by atoms with Crippen molar-refractivity contribution in [1.29, 1.82) is 0 Å². The van der Waals surface area contributed by atoms with Crippen LogP contribution < -0.4 is 0 Å². The molecule has 0 saturated carbocycles. The van der Waals surface area contributed by atoms with Crippen molar-refractivity contribution in [2.24, 2.45) is 0 Å². The van der Waals surface area contributed by atoms with Crippen LogP contribution in [0, 0.1) is 0 Å². The summed E-state index contributed by atoms with van der Waals surface area (Å²) < 4.78 is 0. The van der Waals surface area contributed by atoms with Gasteiger partial charge in [0, 0.05) is 17.1 Å². The molecule has 0 aliphatic rings. The van der Waals surface area contributed by atoms with E-state index in [1.54, 1.807) is 0 Å². The molecule has 0 aliphatic carbocycles. The number of carboxylic acid groups (broad SMARTS) is 2. The molecule has 1 radical (unpaired) electrons. The van der Waals surface area contributed by atoms with E-state index in [1.165, 1.54) is 0 Å². The SMILES string of the molecule is O=C(O)O.[Cu].[LiH].[LiH]. The van der Waals surface area contributed by atoms with E-state index in [0.29, 0.717) is 0 Å². The van der Waals surface area contributed by atoms with E-state index >= 15 is 0 Å². The zero-order valence-corrected chi connectivity index (χ0v) is 3.05. The first-order valence-corrected chi connectivity index (χ1v) is 0.651. The van der Waals surface area contributed by atoms with E-state index < -0.39 is 6.16 Å². The van der Waals surface area contributed by atoms with Gasteiger partial charge in [0.25, 0.3) is 0 Å². The van der Waals surface area contributed by atoms with Gasteiger partial charge in [0.05, 0.1) is 0 Å². The van der Waals surface area contributed by atoms with Gasteiger partial charge in [-0.2, -0.15) is 0 Å². The Morgan fingerprint density at radius 3 is 1.14 bits per heavy atom. The van der Waals surface area contributed by atoms with Crippen LogP contribution in [0.1, 0.15) is 0 Å². The minimum absolute atomic E-state index is 0. The van der Waals surface area contributed by atoms with Gasteiger partial charge < -0.3 is 10.2 Å². The molecular weight excluding hydrogens is 137 g/mol. The first kappa shape index (κ1) is 24.5. The van der Waals surface area contributed by atoms with E-state index in [-0.39, 0.29) is 54.8 Å². The molecule has 0 unspecified atom stereocenters. The maximum absolute atomic E-state index is 8.56. The molecule has 0 aromatic heterocycles. The Morgan fingerprint density at radius 2 is 1.14 bits per heavy atom. The Kier molecular flexibility index (Phi) is 55.2. The number of hydrogen-bond acceptors (Lipinski definition) is 1. The average Bonchev–Trinajstić information content (AvgIpc) is 0.811. The minimum atomic E-state index is -1.83. The fourth-order valence-corrected chi connectivity index (χ4v) is 0. The second-order valence-electron chi connectivity index (χ2n) is 0.283. The van der Waals surface area contributed by atoms with Gasteiger partial charge in [0.1, 0.15) is 0 Å². The van der Waals surface area contributed by atoms with Crippen molar-refractivity contribution in [1.82, 2.24) is 0 Å². The van der Waals surface area contributed by atoms with E-state index in [1.807, 2.05) is 0 Å². The summed E-state index contributed by atoms with van der Waals surface area (Å²) in [4.78, 5) is 8.56. The molecule has 3 nitrogen and oxygen atoms in total. The molecule has 0 aromatic rings. The Balaban J connectivity index is -0.0000000150. The number of rotatable bonds is 0. The van der Waals surface area contributed by atoms with Crippen molar-refractivity contribution >= 4 is 43.9 Å². The maximum atomic E-state index is 8.56. The summed E-state index contributed by atoms with van der Waals surface area (Å²) in [7, 11) is 0. The summed E-state index contributed by atoms with van der Waals surface area (Å²) in [5.41, 5.74) is 0. The number of carbonyl (C=O) groups is 1. The van der Waals surface area contributed by atoms with Crippen molar-refractivity contribution in [2.45, 2.75) is 0 Å². The summed E-state index contributed by atoms with van der Waals surface area (Å²) >= 11 is 0. The molecule has 0 aliphatic heterocycles. The molecule has 0 amide bonds. The summed E-state index contributed by atoms with van der Waals surface area (Å²) in [6.07, 6.45) is -1.83. The van der Waals surface area contributed by atoms with Crippen LogP contribution in [0.25, 0.3) is 0 Å². The van der Waals surface area contributed by atoms with E-state index in [2.05, 4.69) is 0 Å². The fraction of sp³-hybridized carbons (Fsp3) is 0. The van der Waals surface area contributed by atoms with Crippen molar-refractivity contribution in [3.63, 3.8) is 0 Å². The van der Waals surface area contributed by atoms with Crippen LogP contribution in [0.2, 0.25) is 0 Å². The Bertz CT molecular complexity index is 35.9. The monoisotopic (exact) mass is 141 g/mol. The summed E-state index contributed by atoms with van der Waals surface area (Å²) in [5.74, 6) is 0. The normalized spacial score (nSPS) is 3.43. The van der Waals surface area contributed by atoms with Gasteiger partial charge in [-0.15, -0.1) is 0 Å². The molecule has 0 atom stereocenters. The van der Waals surface area contributed by atoms with E-state index in [4.69, 9.17) is 15.0 Å². The van der Waals surface area contributed by atoms with Gasteiger partial charge in [0.2, 0.25) is 0 Å². The molecule has 0 spiro atoms. The van der Waals surface area contributed by atoms with Crippen molar-refractivity contribution in [2.75, 3.05) is 0 Å². The predicted octanol–water partition coefficient (Wildman–Crippen LogP) is -1.08. The summed E-state index contributed by atoms with van der Waals surface area (Å²) in [6.45, 7) is 0. The molecule has 7 heavy (non-hydrogen) atoms. The third-order valence-corrected chi connectivity index (χ3v) is 0. The quantitative estimate of drug-likeness (QED) is 0.422. The molecule has 2 N–H and O–H groups in total. The summed E-state index contributed by atoms with van der Waals surface area (Å²) in [5, 5.41) is 13.9. The van der Waals surface area contributed by atoms with Gasteiger partial charge >= 0.3 is 43.9 Å². The van der Waals surface area contributed by atoms with Crippen LogP contribution in [0.3, 0.4) is 0 Å². The second kappa shape index (κ2) is 15.8. The van der Waals surface area contributed by atoms with Gasteiger partial charge in [-0.25, -0.2) is 4.79 Å². The predicted molar refractivity (Wildman–Crippen MR) is 25.0 cm³/mol. The first-order chi connectivity index (χ1) is 1.73. The molecular formula is CH4CuLi2O3. The van der Waals surface area contributed by atoms with Crippen LogP contribution in [0.15, 0.2) is 0 Å². The Labute approximate surface area is 75.7 Å². The van der Waals surface area contributed by atoms with Gasteiger partial charge in [-0.3, -0.25) is 0 Å². The van der Waals surface area contributed by atoms with Crippen LogP contribution in [-0.2, 0) is 17.1 Å². The third-order valence-electron chi connectivity index (χ3n) is 0. The van der Waals surface area contributed by atoms with Crippen LogP contribution >= 0.6 is 0 Å². The molecule has 0 rings (SSSR count). The first-order valence-electron chi connectivity index (χ1n) is 0.651. The second-order valence-corrected chi connectivity index (χ2v) is 0.283. The topological polar surface area (TPSA) is 57.5 Å². The number of hydrogen-bond donors (Lipinski definition) is 2. The molecule has 0 heterocycles. The molecule has 0 fully saturated rings. The fourth-order valence-electron chi connectivity index (χ4n) is 0. The van der Waals surface area contributed by atoms with Crippen molar-refractivity contribution in [3.8, 4) is 0 Å². The van der Waals surface area contributed by atoms with Gasteiger partial charge in [0.15, 0.2) is 0 Å². The van der Waals surface area contributed by atoms with Crippen molar-refractivity contribution < 1.29 is 32.1 Å². The van der Waals surface area contributed by atoms with Crippen LogP contribution in [-0.4, -0.2) is 54.1 Å². The summed E-state index contributed by atoms with van der Waals surface area (Å²) in [6, 6.07) is 0. The molecule has 39 valence electrons. The van der Waals surface area contributed by atoms with Crippen molar-refractivity contribution in [3.05, 3.63) is 0 Å². The zero-order valence-electron chi connectivity index (χ0n) is 2.10. The van der Waals surface area contributed by atoms with E-state index in [9.17, 15) is 0 Å². The Hall–Kier alpha value is 0.984. The van der Waals surface area contributed by atoms with Crippen LogP contribution in [0.4, 0.5) is 4.79 Å².